The van der Waals surface area contributed by atoms with Crippen LogP contribution in [0.2, 0.25) is 10.0 Å². The van der Waals surface area contributed by atoms with Crippen LogP contribution in [0.15, 0.2) is 202 Å². The molecular formula is C88H98Cl2N26O4S3. The Bertz CT molecular complexity index is 6140. The summed E-state index contributed by atoms with van der Waals surface area (Å²) in [7, 11) is -1.80. The molecule has 123 heavy (non-hydrogen) atoms. The Labute approximate surface area is 732 Å². The molecule has 0 spiro atoms. The van der Waals surface area contributed by atoms with Crippen LogP contribution in [0.25, 0.3) is 67.2 Å². The fraction of sp³-hybridized carbons (Fsp3) is 0.216. The predicted molar refractivity (Wildman–Crippen MR) is 496 cm³/mol. The quantitative estimate of drug-likeness (QED) is 0.0250. The number of aryl methyl sites for hydroxylation is 8. The highest BCUT2D eigenvalue weighted by molar-refractivity contribution is 7.89. The molecule has 0 unspecified atom stereocenters. The molecule has 0 aliphatic rings. The molecule has 30 nitrogen and oxygen atoms in total. The van der Waals surface area contributed by atoms with E-state index in [0.717, 1.165) is 145 Å². The number of sulfonamides is 1. The Hall–Kier alpha value is -13.4. The number of nitrogens with one attached hydrogen (secondary N) is 3. The van der Waals surface area contributed by atoms with E-state index in [0.29, 0.717) is 76.8 Å². The number of halogens is 2. The average Bonchev–Trinajstić information content (AvgIpc) is 1.18. The minimum Gasteiger partial charge on any atom is -0.460 e. The molecule has 15 rings (SSSR count). The number of carbonyl (C=O) groups excluding carboxylic acids is 1. The first-order valence-electron chi connectivity index (χ1n) is 39.1. The Morgan fingerprint density at radius 1 is 0.504 bits per heavy atom. The third-order valence-corrected chi connectivity index (χ3v) is 22.0. The number of pyridine rings is 1. The monoisotopic (exact) mass is 1750 g/mol. The van der Waals surface area contributed by atoms with Crippen LogP contribution in [0.4, 0.5) is 53.1 Å². The number of rotatable bonds is 24. The first-order chi connectivity index (χ1) is 58.9. The van der Waals surface area contributed by atoms with Gasteiger partial charge in [0.05, 0.1) is 49.5 Å². The molecule has 19 N–H and O–H groups in total. The van der Waals surface area contributed by atoms with Crippen molar-refractivity contribution in [3.05, 3.63) is 270 Å². The lowest BCUT2D eigenvalue weighted by Crippen LogP contribution is -2.12. The van der Waals surface area contributed by atoms with Crippen molar-refractivity contribution in [3.63, 3.8) is 0 Å². The number of primary amides is 1. The Balaban J connectivity index is 0.000000158. The maximum atomic E-state index is 11.3. The zero-order valence-corrected chi connectivity index (χ0v) is 73.4. The second-order valence-electron chi connectivity index (χ2n) is 27.9. The average molecular weight is 1750 g/mol. The lowest BCUT2D eigenvalue weighted by molar-refractivity contribution is 0.0999. The van der Waals surface area contributed by atoms with Crippen molar-refractivity contribution in [3.8, 4) is 67.2 Å². The number of nitrogens with two attached hydrogens (primary N) is 8. The highest BCUT2D eigenvalue weighted by Gasteiger charge is 2.16. The topological polar surface area (TPSA) is 494 Å². The summed E-state index contributed by atoms with van der Waals surface area (Å²) in [6.07, 6.45) is 9.00. The number of furan rings is 1. The van der Waals surface area contributed by atoms with Crippen LogP contribution in [0.1, 0.15) is 99.5 Å². The molecule has 0 saturated carbocycles. The zero-order valence-electron chi connectivity index (χ0n) is 69.5. The molecule has 15 aromatic rings. The molecule has 0 bridgehead atoms. The molecule has 0 aliphatic carbocycles. The summed E-state index contributed by atoms with van der Waals surface area (Å²) in [5.41, 5.74) is 59.6. The normalized spacial score (nSPS) is 10.8. The fourth-order valence-corrected chi connectivity index (χ4v) is 14.4. The van der Waals surface area contributed by atoms with Crippen LogP contribution >= 0.6 is 45.9 Å². The first-order valence-corrected chi connectivity index (χ1v) is 43.2. The van der Waals surface area contributed by atoms with Gasteiger partial charge in [0.25, 0.3) is 0 Å². The number of thiophene rings is 2. The van der Waals surface area contributed by atoms with Crippen LogP contribution in [-0.2, 0) is 55.6 Å². The van der Waals surface area contributed by atoms with Crippen molar-refractivity contribution in [1.29, 1.82) is 0 Å². The van der Waals surface area contributed by atoms with Crippen molar-refractivity contribution in [1.82, 2.24) is 74.6 Å². The second-order valence-corrected chi connectivity index (χ2v) is 32.0. The van der Waals surface area contributed by atoms with Crippen LogP contribution < -0.4 is 61.2 Å². The minimum absolute atomic E-state index is 0.0937. The SMILES string of the molecule is CCc1cc(-c2cc(C)cs2)nc(N)n1.CCc1cc(-c2ccnn2C)nc(N)n1.CCc1cc(-c2ccsc2)nc(N)n1.Cc1c(Cl)cccc1-c1cc(NCCc2ccc(Cl)cc2)nc(N)n1.Cc1ccc(-c2cc(NCCc3ccc(S(N)(=O)=O)cc3)nc(N)n2)o1.Cc1cccc(-c2cc(NCCCc3ccc(C(N)=O)cn3)nc(N)n2)c1C. The lowest BCUT2D eigenvalue weighted by atomic mass is 10.0. The highest BCUT2D eigenvalue weighted by Crippen LogP contribution is 2.32. The number of nitrogens with zero attached hydrogens (tertiary/aromatic N) is 15. The molecule has 0 fully saturated rings. The number of anilines is 9. The fourth-order valence-electron chi connectivity index (χ4n) is 12.0. The molecule has 0 saturated heterocycles. The number of aromatic nitrogens is 15. The number of benzene rings is 4. The van der Waals surface area contributed by atoms with Crippen molar-refractivity contribution in [2.24, 2.45) is 17.9 Å². The lowest BCUT2D eigenvalue weighted by Gasteiger charge is -2.11. The van der Waals surface area contributed by atoms with Crippen LogP contribution in [0.3, 0.4) is 0 Å². The molecule has 11 heterocycles. The Kier molecular flexibility index (Phi) is 33.0. The zero-order chi connectivity index (χ0) is 88.3. The third kappa shape index (κ3) is 27.8. The molecule has 1 amide bonds. The molecule has 0 aliphatic heterocycles. The molecule has 11 aromatic heterocycles. The number of carbonyl (C=O) groups is 1. The van der Waals surface area contributed by atoms with Crippen molar-refractivity contribution < 1.29 is 17.6 Å². The second kappa shape index (κ2) is 44.2. The van der Waals surface area contributed by atoms with Gasteiger partial charge in [-0.15, -0.1) is 11.3 Å². The number of primary sulfonamides is 1. The summed E-state index contributed by atoms with van der Waals surface area (Å²) in [6, 6.07) is 50.8. The van der Waals surface area contributed by atoms with E-state index >= 15 is 0 Å². The van der Waals surface area contributed by atoms with Crippen molar-refractivity contribution >= 4 is 115 Å². The van der Waals surface area contributed by atoms with Gasteiger partial charge in [-0.25, -0.2) is 58.4 Å². The first kappa shape index (κ1) is 91.9. The van der Waals surface area contributed by atoms with Crippen molar-refractivity contribution in [2.45, 2.75) is 105 Å². The minimum atomic E-state index is -3.67. The molecule has 4 aromatic carbocycles. The Morgan fingerprint density at radius 3 is 1.52 bits per heavy atom. The largest absolute Gasteiger partial charge is 0.460 e. The van der Waals surface area contributed by atoms with Crippen LogP contribution in [-0.4, -0.2) is 109 Å². The van der Waals surface area contributed by atoms with Gasteiger partial charge in [0, 0.05) is 112 Å². The van der Waals surface area contributed by atoms with E-state index in [-0.39, 0.29) is 22.7 Å². The van der Waals surface area contributed by atoms with E-state index in [1.165, 1.54) is 40.6 Å². The third-order valence-electron chi connectivity index (χ3n) is 18.6. The maximum Gasteiger partial charge on any atom is 0.250 e. The van der Waals surface area contributed by atoms with Gasteiger partial charge in [0.15, 0.2) is 5.76 Å². The van der Waals surface area contributed by atoms with E-state index in [9.17, 15) is 13.2 Å². The molecule has 0 radical (unpaired) electrons. The van der Waals surface area contributed by atoms with Gasteiger partial charge in [-0.1, -0.05) is 98.6 Å². The summed E-state index contributed by atoms with van der Waals surface area (Å²) >= 11 is 15.4. The van der Waals surface area contributed by atoms with E-state index in [2.05, 4.69) is 143 Å². The molecule has 636 valence electrons. The summed E-state index contributed by atoms with van der Waals surface area (Å²) in [4.78, 5) is 67.2. The number of hydrogen-bond acceptors (Lipinski definition) is 29. The van der Waals surface area contributed by atoms with E-state index in [4.69, 9.17) is 72.9 Å². The van der Waals surface area contributed by atoms with Gasteiger partial charge < -0.3 is 60.5 Å². The van der Waals surface area contributed by atoms with E-state index in [1.807, 2.05) is 148 Å². The van der Waals surface area contributed by atoms with Gasteiger partial charge in [-0.2, -0.15) is 31.4 Å². The highest BCUT2D eigenvalue weighted by atomic mass is 35.5. The van der Waals surface area contributed by atoms with Gasteiger partial charge >= 0.3 is 0 Å². The standard InChI is InChI=1S/C21H24N6O.C19H18Cl2N4.C17H19N5O3S.C11H13N3S.C10H13N5.C10H11N3S/c1-13-5-3-7-17(14(13)2)18-11-19(27-21(23)26-18)24-10-4-6-16-9-8-15(12-25-16)20(22)28;1-12-15(3-2-4-16(12)21)17-11-18(25-19(22)24-17)23-10-9-13-5-7-14(20)8-6-13;1-11-2-7-15(25-11)14-10-16(22-17(18)21-14)20-9-8-12-3-5-13(6-4-12)26(19,23)24;1-3-8-5-9(14-11(12)13-8)10-4-7(2)6-15-10;1-3-7-6-8(14-10(11)13-7)9-4-5-12-15(9)2;1-2-8-5-9(13-10(11)12-8)7-3-4-14-6-7/h3,5,7-9,11-12H,4,6,10H2,1-2H3,(H2,22,28)(H3,23,24,26,27);2-8,11H,9-10H2,1H3,(H3,22,23,24,25);2-7,10H,8-9H2,1H3,(H2,19,23,24)(H3,18,20,21,22);4-6H,3H2,1-2H3,(H2,12,13,14);4-6H,3H2,1-2H3,(H2,11,13,14);3-6H,2H2,1H3,(H2,11,12,13). The summed E-state index contributed by atoms with van der Waals surface area (Å²) < 4.78 is 29.8. The number of amides is 1. The van der Waals surface area contributed by atoms with E-state index in [1.54, 1.807) is 57.8 Å². The number of nitrogen functional groups attached to an aromatic ring is 6. The van der Waals surface area contributed by atoms with Gasteiger partial charge in [-0.3, -0.25) is 14.5 Å². The molecule has 35 heteroatoms. The Morgan fingerprint density at radius 2 is 1.02 bits per heavy atom. The smallest absolute Gasteiger partial charge is 0.250 e. The summed E-state index contributed by atoms with van der Waals surface area (Å²) in [5, 5.41) is 26.6. The number of hydrogen-bond donors (Lipinski definition) is 11. The summed E-state index contributed by atoms with van der Waals surface area (Å²) in [6.45, 7) is 18.2. The molecule has 0 atom stereocenters. The van der Waals surface area contributed by atoms with E-state index < -0.39 is 15.9 Å². The molecular weight excluding hydrogens is 1650 g/mol. The van der Waals surface area contributed by atoms with Crippen molar-refractivity contribution in [2.75, 3.05) is 70.0 Å². The van der Waals surface area contributed by atoms with Gasteiger partial charge in [0.1, 0.15) is 28.9 Å². The predicted octanol–water partition coefficient (Wildman–Crippen LogP) is 15.8. The maximum absolute atomic E-state index is 11.3. The van der Waals surface area contributed by atoms with Gasteiger partial charge in [-0.05, 0) is 215 Å². The van der Waals surface area contributed by atoms with Crippen LogP contribution in [0, 0.1) is 34.6 Å². The van der Waals surface area contributed by atoms with Gasteiger partial charge in [0.2, 0.25) is 51.6 Å². The van der Waals surface area contributed by atoms with Crippen LogP contribution in [0.5, 0.6) is 0 Å². The summed E-state index contributed by atoms with van der Waals surface area (Å²) in [5.74, 6) is 4.55.